The van der Waals surface area contributed by atoms with E-state index in [1.54, 1.807) is 19.2 Å². The van der Waals surface area contributed by atoms with Crippen molar-refractivity contribution in [3.8, 4) is 5.75 Å². The number of methoxy groups -OCH3 is 1. The van der Waals surface area contributed by atoms with E-state index < -0.39 is 0 Å². The summed E-state index contributed by atoms with van der Waals surface area (Å²) in [6, 6.07) is 5.44. The third kappa shape index (κ3) is 4.30. The Hall–Kier alpha value is -3.62. The minimum Gasteiger partial charge on any atom is -0.496 e. The topological polar surface area (TPSA) is 109 Å². The average Bonchev–Trinajstić information content (AvgIpc) is 3.14. The second-order valence-electron chi connectivity index (χ2n) is 8.98. The summed E-state index contributed by atoms with van der Waals surface area (Å²) >= 11 is 0. The highest BCUT2D eigenvalue weighted by Crippen LogP contribution is 2.36. The molecule has 0 radical (unpaired) electrons. The smallest absolute Gasteiger partial charge is 0.256 e. The van der Waals surface area contributed by atoms with Crippen LogP contribution in [0.1, 0.15) is 58.6 Å². The van der Waals surface area contributed by atoms with Crippen molar-refractivity contribution in [2.75, 3.05) is 20.2 Å². The number of aryl methyl sites for hydroxylation is 1. The molecule has 0 aromatic carbocycles. The number of ether oxygens (including phenoxy) is 1. The minimum atomic E-state index is -0.284. The molecule has 1 aliphatic heterocycles. The van der Waals surface area contributed by atoms with Crippen LogP contribution in [0.3, 0.4) is 0 Å². The molecule has 0 saturated carbocycles. The Labute approximate surface area is 198 Å². The molecule has 1 atom stereocenters. The molecule has 4 rings (SSSR count). The molecule has 9 nitrogen and oxygen atoms in total. The minimum absolute atomic E-state index is 0.0453. The molecule has 3 aromatic heterocycles. The summed E-state index contributed by atoms with van der Waals surface area (Å²) in [6.45, 7) is 7.44. The average molecular weight is 466 g/mol. The van der Waals surface area contributed by atoms with E-state index in [1.807, 2.05) is 28.5 Å². The number of fused-ring (bicyclic) bond motifs is 1. The normalized spacial score (nSPS) is 15.4. The van der Waals surface area contributed by atoms with Gasteiger partial charge in [-0.3, -0.25) is 14.4 Å². The van der Waals surface area contributed by atoms with Crippen LogP contribution in [0.2, 0.25) is 0 Å². The van der Waals surface area contributed by atoms with E-state index in [0.717, 1.165) is 49.1 Å². The first-order chi connectivity index (χ1) is 16.3. The molecule has 1 aliphatic rings. The van der Waals surface area contributed by atoms with E-state index in [1.165, 1.54) is 7.11 Å². The van der Waals surface area contributed by atoms with Crippen molar-refractivity contribution >= 4 is 17.8 Å². The van der Waals surface area contributed by atoms with Crippen LogP contribution in [0.25, 0.3) is 5.52 Å². The van der Waals surface area contributed by atoms with Crippen LogP contribution in [0.5, 0.6) is 5.75 Å². The SMILES string of the molecule is COc1cc(C)[nH]c(=O)c1CNC(=O)c1c(C)c(C(C)C2CCN(C=O)CC2)n2ncccc12. The van der Waals surface area contributed by atoms with Gasteiger partial charge in [-0.05, 0) is 56.4 Å². The van der Waals surface area contributed by atoms with Crippen LogP contribution in [0.15, 0.2) is 29.2 Å². The van der Waals surface area contributed by atoms with E-state index in [4.69, 9.17) is 4.74 Å². The molecule has 1 fully saturated rings. The summed E-state index contributed by atoms with van der Waals surface area (Å²) in [5.41, 5.74) is 3.96. The number of H-pyrrole nitrogens is 1. The first kappa shape index (κ1) is 23.5. The lowest BCUT2D eigenvalue weighted by Crippen LogP contribution is -2.34. The van der Waals surface area contributed by atoms with Gasteiger partial charge in [0.15, 0.2) is 0 Å². The second-order valence-corrected chi connectivity index (χ2v) is 8.98. The molecule has 0 bridgehead atoms. The van der Waals surface area contributed by atoms with Crippen molar-refractivity contribution in [3.05, 3.63) is 62.8 Å². The Morgan fingerprint density at radius 2 is 2.09 bits per heavy atom. The monoisotopic (exact) mass is 465 g/mol. The number of nitrogens with one attached hydrogen (secondary N) is 2. The fourth-order valence-corrected chi connectivity index (χ4v) is 5.09. The summed E-state index contributed by atoms with van der Waals surface area (Å²) in [5.74, 6) is 0.732. The largest absolute Gasteiger partial charge is 0.496 e. The number of aromatic nitrogens is 3. The van der Waals surface area contributed by atoms with Gasteiger partial charge in [0.05, 0.1) is 30.3 Å². The molecule has 0 aliphatic carbocycles. The Bertz CT molecular complexity index is 1270. The quantitative estimate of drug-likeness (QED) is 0.521. The Balaban J connectivity index is 1.64. The molecular weight excluding hydrogens is 434 g/mol. The fraction of sp³-hybridized carbons (Fsp3) is 0.440. The van der Waals surface area contributed by atoms with Crippen molar-refractivity contribution in [1.82, 2.24) is 24.8 Å². The van der Waals surface area contributed by atoms with Gasteiger partial charge in [0.25, 0.3) is 11.5 Å². The highest BCUT2D eigenvalue weighted by atomic mass is 16.5. The van der Waals surface area contributed by atoms with Gasteiger partial charge in [-0.15, -0.1) is 0 Å². The van der Waals surface area contributed by atoms with E-state index in [9.17, 15) is 14.4 Å². The molecule has 180 valence electrons. The summed E-state index contributed by atoms with van der Waals surface area (Å²) in [6.07, 6.45) is 4.46. The van der Waals surface area contributed by atoms with Gasteiger partial charge in [-0.2, -0.15) is 5.10 Å². The molecule has 4 heterocycles. The van der Waals surface area contributed by atoms with E-state index >= 15 is 0 Å². The Morgan fingerprint density at radius 3 is 2.76 bits per heavy atom. The van der Waals surface area contributed by atoms with Gasteiger partial charge in [0.1, 0.15) is 5.75 Å². The zero-order chi connectivity index (χ0) is 24.4. The summed E-state index contributed by atoms with van der Waals surface area (Å²) < 4.78 is 7.21. The number of piperidine rings is 1. The van der Waals surface area contributed by atoms with Crippen molar-refractivity contribution in [3.63, 3.8) is 0 Å². The number of hydrogen-bond acceptors (Lipinski definition) is 5. The van der Waals surface area contributed by atoms with E-state index in [2.05, 4.69) is 22.3 Å². The van der Waals surface area contributed by atoms with Gasteiger partial charge in [-0.25, -0.2) is 4.52 Å². The number of amides is 2. The fourth-order valence-electron chi connectivity index (χ4n) is 5.09. The van der Waals surface area contributed by atoms with Gasteiger partial charge in [0.2, 0.25) is 6.41 Å². The lowest BCUT2D eigenvalue weighted by molar-refractivity contribution is -0.119. The van der Waals surface area contributed by atoms with Crippen LogP contribution in [-0.4, -0.2) is 52.0 Å². The first-order valence-corrected chi connectivity index (χ1v) is 11.6. The first-order valence-electron chi connectivity index (χ1n) is 11.6. The van der Waals surface area contributed by atoms with Crippen molar-refractivity contribution in [2.24, 2.45) is 5.92 Å². The third-order valence-electron chi connectivity index (χ3n) is 6.96. The maximum absolute atomic E-state index is 13.4. The molecule has 9 heteroatoms. The number of carbonyl (C=O) groups is 2. The van der Waals surface area contributed by atoms with Crippen molar-refractivity contribution < 1.29 is 14.3 Å². The zero-order valence-electron chi connectivity index (χ0n) is 20.1. The molecule has 1 saturated heterocycles. The Morgan fingerprint density at radius 1 is 1.35 bits per heavy atom. The van der Waals surface area contributed by atoms with Crippen molar-refractivity contribution in [2.45, 2.75) is 46.1 Å². The standard InChI is InChI=1S/C25H31N5O4/c1-15-12-21(34-4)19(24(32)28-15)13-26-25(33)22-17(3)23(30-20(22)6-5-9-27-30)16(2)18-7-10-29(14-31)11-8-18/h5-6,9,12,14,16,18H,7-8,10-11,13H2,1-4H3,(H,26,33)(H,28,32). The number of hydrogen-bond donors (Lipinski definition) is 2. The maximum Gasteiger partial charge on any atom is 0.256 e. The summed E-state index contributed by atoms with van der Waals surface area (Å²) in [4.78, 5) is 41.5. The van der Waals surface area contributed by atoms with Crippen LogP contribution in [-0.2, 0) is 11.3 Å². The van der Waals surface area contributed by atoms with E-state index in [-0.39, 0.29) is 23.9 Å². The zero-order valence-corrected chi connectivity index (χ0v) is 20.1. The summed E-state index contributed by atoms with van der Waals surface area (Å²) in [7, 11) is 1.50. The molecule has 2 amide bonds. The molecule has 3 aromatic rings. The maximum atomic E-state index is 13.4. The van der Waals surface area contributed by atoms with E-state index in [0.29, 0.717) is 28.5 Å². The molecule has 34 heavy (non-hydrogen) atoms. The number of nitrogens with zero attached hydrogens (tertiary/aromatic N) is 3. The van der Waals surface area contributed by atoms with Crippen molar-refractivity contribution in [1.29, 1.82) is 0 Å². The predicted molar refractivity (Wildman–Crippen MR) is 128 cm³/mol. The Kier molecular flexibility index (Phi) is 6.72. The highest BCUT2D eigenvalue weighted by Gasteiger charge is 2.30. The van der Waals surface area contributed by atoms with Gasteiger partial charge >= 0.3 is 0 Å². The van der Waals surface area contributed by atoms with Gasteiger partial charge in [-0.1, -0.05) is 6.92 Å². The molecule has 2 N–H and O–H groups in total. The third-order valence-corrected chi connectivity index (χ3v) is 6.96. The number of likely N-dealkylation sites (tertiary alicyclic amines) is 1. The predicted octanol–water partition coefficient (Wildman–Crippen LogP) is 2.55. The second kappa shape index (κ2) is 9.70. The van der Waals surface area contributed by atoms with Crippen LogP contribution < -0.4 is 15.6 Å². The summed E-state index contributed by atoms with van der Waals surface area (Å²) in [5, 5.41) is 7.46. The number of pyridine rings is 1. The lowest BCUT2D eigenvalue weighted by atomic mass is 9.82. The highest BCUT2D eigenvalue weighted by molar-refractivity contribution is 6.03. The number of carbonyl (C=O) groups excluding carboxylic acids is 2. The van der Waals surface area contributed by atoms with Crippen LogP contribution >= 0.6 is 0 Å². The molecular formula is C25H31N5O4. The van der Waals surface area contributed by atoms with Crippen LogP contribution in [0, 0.1) is 19.8 Å². The van der Waals surface area contributed by atoms with Crippen LogP contribution in [0.4, 0.5) is 0 Å². The van der Waals surface area contributed by atoms with Gasteiger partial charge < -0.3 is 19.9 Å². The molecule has 1 unspecified atom stereocenters. The lowest BCUT2D eigenvalue weighted by Gasteiger charge is -2.33. The molecule has 0 spiro atoms. The number of aromatic amines is 1. The van der Waals surface area contributed by atoms with Gasteiger partial charge in [0, 0.05) is 36.6 Å². The number of rotatable bonds is 7.